The number of carbonyl (C=O) groups is 1. The second-order valence-corrected chi connectivity index (χ2v) is 4.85. The normalized spacial score (nSPS) is 24.2. The Morgan fingerprint density at radius 2 is 2.37 bits per heavy atom. The maximum atomic E-state index is 13.1. The fourth-order valence-electron chi connectivity index (χ4n) is 2.24. The lowest BCUT2D eigenvalue weighted by Gasteiger charge is -2.18. The molecule has 1 aliphatic rings. The smallest absolute Gasteiger partial charge is 0.249 e. The number of carbonyl (C=O) groups excluding carboxylic acids is 1. The number of rotatable bonds is 4. The maximum absolute atomic E-state index is 13.1. The van der Waals surface area contributed by atoms with Crippen molar-refractivity contribution in [2.24, 2.45) is 5.73 Å². The fraction of sp³-hybridized carbons (Fsp3) is 0.500. The zero-order chi connectivity index (χ0) is 13.8. The van der Waals surface area contributed by atoms with E-state index in [2.05, 4.69) is 5.32 Å². The minimum absolute atomic E-state index is 0.0276. The predicted octanol–water partition coefficient (Wildman–Crippen LogP) is 1.51. The number of hydrogen-bond acceptors (Lipinski definition) is 3. The number of nitrogens with one attached hydrogen (secondary N) is 1. The summed E-state index contributed by atoms with van der Waals surface area (Å²) < 4.78 is 18.6. The first-order chi connectivity index (χ1) is 9.10. The molecule has 0 radical (unpaired) electrons. The molecule has 1 fully saturated rings. The summed E-state index contributed by atoms with van der Waals surface area (Å²) in [6.45, 7) is 2.26. The van der Waals surface area contributed by atoms with Crippen molar-refractivity contribution < 1.29 is 13.9 Å². The highest BCUT2D eigenvalue weighted by molar-refractivity contribution is 5.81. The van der Waals surface area contributed by atoms with Crippen LogP contribution in [0.5, 0.6) is 0 Å². The molecule has 1 aromatic rings. The number of ether oxygens (including phenoxy) is 1. The largest absolute Gasteiger partial charge is 0.364 e. The van der Waals surface area contributed by atoms with E-state index in [9.17, 15) is 9.18 Å². The topological polar surface area (TPSA) is 64.4 Å². The van der Waals surface area contributed by atoms with Crippen molar-refractivity contribution in [1.82, 2.24) is 5.32 Å². The van der Waals surface area contributed by atoms with Crippen LogP contribution in [0.25, 0.3) is 0 Å². The van der Waals surface area contributed by atoms with E-state index in [0.717, 1.165) is 12.0 Å². The van der Waals surface area contributed by atoms with E-state index >= 15 is 0 Å². The van der Waals surface area contributed by atoms with Crippen LogP contribution in [0.2, 0.25) is 0 Å². The van der Waals surface area contributed by atoms with E-state index in [1.54, 1.807) is 12.1 Å². The summed E-state index contributed by atoms with van der Waals surface area (Å²) >= 11 is 0. The van der Waals surface area contributed by atoms with Crippen LogP contribution in [0.4, 0.5) is 4.39 Å². The first-order valence-electron chi connectivity index (χ1n) is 6.51. The highest BCUT2D eigenvalue weighted by Gasteiger charge is 2.30. The van der Waals surface area contributed by atoms with E-state index in [1.807, 2.05) is 6.92 Å². The quantitative estimate of drug-likeness (QED) is 0.868. The van der Waals surface area contributed by atoms with Gasteiger partial charge < -0.3 is 15.8 Å². The molecule has 0 spiro atoms. The standard InChI is InChI=1S/C14H19FN2O2/c1-9(10-3-2-4-11(15)7-10)17-14(18)13-6-5-12(8-16)19-13/h2-4,7,9,12-13H,5-6,8,16H2,1H3,(H,17,18)/t9-,12?,13?/m1/s1. The average molecular weight is 266 g/mol. The van der Waals surface area contributed by atoms with Crippen molar-refractivity contribution in [3.63, 3.8) is 0 Å². The molecule has 2 rings (SSSR count). The lowest BCUT2D eigenvalue weighted by molar-refractivity contribution is -0.132. The molecule has 3 atom stereocenters. The molecule has 0 aromatic heterocycles. The molecule has 1 saturated heterocycles. The molecule has 0 bridgehead atoms. The Bertz CT molecular complexity index is 453. The molecule has 1 aromatic carbocycles. The third-order valence-corrected chi connectivity index (χ3v) is 3.37. The van der Waals surface area contributed by atoms with Gasteiger partial charge in [-0.3, -0.25) is 4.79 Å². The molecule has 1 heterocycles. The predicted molar refractivity (Wildman–Crippen MR) is 69.9 cm³/mol. The Hall–Kier alpha value is -1.46. The van der Waals surface area contributed by atoms with E-state index < -0.39 is 6.10 Å². The molecule has 5 heteroatoms. The van der Waals surface area contributed by atoms with Gasteiger partial charge in [0.1, 0.15) is 11.9 Å². The van der Waals surface area contributed by atoms with Gasteiger partial charge in [-0.05, 0) is 37.5 Å². The van der Waals surface area contributed by atoms with Gasteiger partial charge in [-0.15, -0.1) is 0 Å². The van der Waals surface area contributed by atoms with Gasteiger partial charge in [-0.1, -0.05) is 12.1 Å². The minimum atomic E-state index is -0.440. The Kier molecular flexibility index (Phi) is 4.50. The lowest BCUT2D eigenvalue weighted by Crippen LogP contribution is -2.37. The van der Waals surface area contributed by atoms with Crippen LogP contribution in [0.15, 0.2) is 24.3 Å². The zero-order valence-corrected chi connectivity index (χ0v) is 10.9. The number of benzene rings is 1. The SMILES string of the molecule is C[C@@H](NC(=O)C1CCC(CN)O1)c1cccc(F)c1. The van der Waals surface area contributed by atoms with Gasteiger partial charge in [-0.25, -0.2) is 4.39 Å². The Morgan fingerprint density at radius 1 is 1.58 bits per heavy atom. The molecule has 2 unspecified atom stereocenters. The van der Waals surface area contributed by atoms with Crippen molar-refractivity contribution in [2.45, 2.75) is 38.0 Å². The fourth-order valence-corrected chi connectivity index (χ4v) is 2.24. The number of halogens is 1. The Balaban J connectivity index is 1.92. The van der Waals surface area contributed by atoms with Gasteiger partial charge in [-0.2, -0.15) is 0 Å². The van der Waals surface area contributed by atoms with Crippen LogP contribution in [0, 0.1) is 5.82 Å². The zero-order valence-electron chi connectivity index (χ0n) is 10.9. The van der Waals surface area contributed by atoms with Gasteiger partial charge in [0.2, 0.25) is 5.91 Å². The molecular weight excluding hydrogens is 247 g/mol. The molecule has 3 N–H and O–H groups in total. The van der Waals surface area contributed by atoms with Crippen LogP contribution in [0.3, 0.4) is 0 Å². The molecular formula is C14H19FN2O2. The van der Waals surface area contributed by atoms with Crippen LogP contribution < -0.4 is 11.1 Å². The van der Waals surface area contributed by atoms with Gasteiger partial charge in [0, 0.05) is 6.54 Å². The van der Waals surface area contributed by atoms with Crippen molar-refractivity contribution >= 4 is 5.91 Å². The summed E-state index contributed by atoms with van der Waals surface area (Å²) in [4.78, 5) is 12.0. The molecule has 4 nitrogen and oxygen atoms in total. The summed E-state index contributed by atoms with van der Waals surface area (Å²) in [6, 6.07) is 5.96. The van der Waals surface area contributed by atoms with Crippen LogP contribution in [0.1, 0.15) is 31.4 Å². The van der Waals surface area contributed by atoms with Gasteiger partial charge in [0.05, 0.1) is 12.1 Å². The van der Waals surface area contributed by atoms with Crippen molar-refractivity contribution in [3.05, 3.63) is 35.6 Å². The lowest BCUT2D eigenvalue weighted by atomic mass is 10.1. The second kappa shape index (κ2) is 6.12. The summed E-state index contributed by atoms with van der Waals surface area (Å²) in [5.74, 6) is -0.466. The summed E-state index contributed by atoms with van der Waals surface area (Å²) in [5, 5.41) is 2.84. The number of hydrogen-bond donors (Lipinski definition) is 2. The Morgan fingerprint density at radius 3 is 3.00 bits per heavy atom. The molecule has 104 valence electrons. The van der Waals surface area contributed by atoms with Crippen molar-refractivity contribution in [1.29, 1.82) is 0 Å². The third-order valence-electron chi connectivity index (χ3n) is 3.37. The van der Waals surface area contributed by atoms with Gasteiger partial charge in [0.15, 0.2) is 0 Å². The van der Waals surface area contributed by atoms with E-state index in [4.69, 9.17) is 10.5 Å². The number of amides is 1. The molecule has 0 aliphatic carbocycles. The molecule has 19 heavy (non-hydrogen) atoms. The minimum Gasteiger partial charge on any atom is -0.364 e. The molecule has 1 aliphatic heterocycles. The highest BCUT2D eigenvalue weighted by Crippen LogP contribution is 2.20. The van der Waals surface area contributed by atoms with Crippen molar-refractivity contribution in [3.8, 4) is 0 Å². The number of nitrogens with two attached hydrogens (primary N) is 1. The summed E-state index contributed by atoms with van der Waals surface area (Å²) in [6.07, 6.45) is 1.02. The summed E-state index contributed by atoms with van der Waals surface area (Å²) in [5.41, 5.74) is 6.24. The van der Waals surface area contributed by atoms with E-state index in [-0.39, 0.29) is 23.9 Å². The average Bonchev–Trinajstić information content (AvgIpc) is 2.87. The third kappa shape index (κ3) is 3.52. The first-order valence-corrected chi connectivity index (χ1v) is 6.51. The highest BCUT2D eigenvalue weighted by atomic mass is 19.1. The Labute approximate surface area is 112 Å². The summed E-state index contributed by atoms with van der Waals surface area (Å²) in [7, 11) is 0. The van der Waals surface area contributed by atoms with Crippen LogP contribution in [-0.4, -0.2) is 24.7 Å². The first kappa shape index (κ1) is 14.0. The second-order valence-electron chi connectivity index (χ2n) is 4.85. The van der Waals surface area contributed by atoms with Crippen LogP contribution in [-0.2, 0) is 9.53 Å². The monoisotopic (exact) mass is 266 g/mol. The van der Waals surface area contributed by atoms with E-state index in [0.29, 0.717) is 13.0 Å². The molecule has 0 saturated carbocycles. The van der Waals surface area contributed by atoms with Gasteiger partial charge in [0.25, 0.3) is 0 Å². The maximum Gasteiger partial charge on any atom is 0.249 e. The molecule has 1 amide bonds. The van der Waals surface area contributed by atoms with Gasteiger partial charge >= 0.3 is 0 Å². The van der Waals surface area contributed by atoms with Crippen LogP contribution >= 0.6 is 0 Å². The van der Waals surface area contributed by atoms with E-state index in [1.165, 1.54) is 12.1 Å². The van der Waals surface area contributed by atoms with Crippen molar-refractivity contribution in [2.75, 3.05) is 6.54 Å².